The molecule has 220 valence electrons. The van der Waals surface area contributed by atoms with Crippen molar-refractivity contribution in [2.45, 2.75) is 88.7 Å². The van der Waals surface area contributed by atoms with E-state index in [0.717, 1.165) is 57.4 Å². The zero-order chi connectivity index (χ0) is 28.0. The molecule has 0 aliphatic carbocycles. The summed E-state index contributed by atoms with van der Waals surface area (Å²) in [6, 6.07) is 8.63. The number of pyridine rings is 2. The Morgan fingerprint density at radius 3 is 2.42 bits per heavy atom. The number of anilines is 2. The third kappa shape index (κ3) is 6.39. The molecular formula is C29H43ClN6O3S. The van der Waals surface area contributed by atoms with Crippen LogP contribution < -0.4 is 20.3 Å². The van der Waals surface area contributed by atoms with E-state index >= 15 is 0 Å². The van der Waals surface area contributed by atoms with Crippen molar-refractivity contribution in [1.29, 1.82) is 0 Å². The lowest BCUT2D eigenvalue weighted by molar-refractivity contribution is 0.0981. The maximum atomic E-state index is 13.6. The molecule has 4 bridgehead atoms. The van der Waals surface area contributed by atoms with E-state index in [4.69, 9.17) is 4.98 Å². The molecule has 3 N–H and O–H groups in total. The maximum Gasteiger partial charge on any atom is 0.281 e. The van der Waals surface area contributed by atoms with Crippen LogP contribution in [0.3, 0.4) is 0 Å². The quantitative estimate of drug-likeness (QED) is 0.445. The van der Waals surface area contributed by atoms with Gasteiger partial charge in [0.15, 0.2) is 5.03 Å². The zero-order valence-electron chi connectivity index (χ0n) is 24.2. The lowest BCUT2D eigenvalue weighted by Gasteiger charge is -2.34. The largest absolute Gasteiger partial charge is 0.367 e. The number of fused-ring (bicyclic) bond motifs is 6. The normalized spacial score (nSPS) is 24.9. The molecule has 40 heavy (non-hydrogen) atoms. The van der Waals surface area contributed by atoms with Crippen LogP contribution in [0.25, 0.3) is 0 Å². The number of sulfonamides is 1. The molecule has 9 nitrogen and oxygen atoms in total. The van der Waals surface area contributed by atoms with E-state index in [0.29, 0.717) is 23.5 Å². The lowest BCUT2D eigenvalue weighted by atomic mass is 9.84. The Morgan fingerprint density at radius 2 is 1.73 bits per heavy atom. The van der Waals surface area contributed by atoms with E-state index < -0.39 is 15.9 Å². The van der Waals surface area contributed by atoms with Gasteiger partial charge in [0.1, 0.15) is 11.6 Å². The predicted molar refractivity (Wildman–Crippen MR) is 161 cm³/mol. The monoisotopic (exact) mass is 590 g/mol. The zero-order valence-corrected chi connectivity index (χ0v) is 25.8. The molecule has 5 rings (SSSR count). The number of nitrogens with one attached hydrogen (secondary N) is 3. The molecule has 1 unspecified atom stereocenters. The molecule has 3 aliphatic rings. The Kier molecular flexibility index (Phi) is 8.74. The van der Waals surface area contributed by atoms with Crippen LogP contribution in [-0.2, 0) is 15.4 Å². The SMILES string of the molecule is CC(C)(C)c1ccc2c(n1)N1C[C@@H](CCC(C3CCNCC3)Nc3cccc(n3)S(=O)(=O)NC2=O)CC1(C)C.Cl. The highest BCUT2D eigenvalue weighted by atomic mass is 35.5. The van der Waals surface area contributed by atoms with Crippen molar-refractivity contribution in [2.75, 3.05) is 29.9 Å². The smallest absolute Gasteiger partial charge is 0.281 e. The van der Waals surface area contributed by atoms with Crippen molar-refractivity contribution in [3.8, 4) is 0 Å². The molecule has 0 aromatic carbocycles. The summed E-state index contributed by atoms with van der Waals surface area (Å²) in [6.45, 7) is 13.4. The summed E-state index contributed by atoms with van der Waals surface area (Å²) < 4.78 is 29.0. The highest BCUT2D eigenvalue weighted by Crippen LogP contribution is 2.41. The summed E-state index contributed by atoms with van der Waals surface area (Å²) in [5, 5.41) is 6.86. The summed E-state index contributed by atoms with van der Waals surface area (Å²) in [4.78, 5) is 25.2. The Balaban J connectivity index is 0.00000370. The predicted octanol–water partition coefficient (Wildman–Crippen LogP) is 4.49. The number of piperidine rings is 1. The number of aromatic nitrogens is 2. The average Bonchev–Trinajstić information content (AvgIpc) is 3.19. The van der Waals surface area contributed by atoms with Crippen LogP contribution in [-0.4, -0.2) is 55.5 Å². The third-order valence-electron chi connectivity index (χ3n) is 8.50. The summed E-state index contributed by atoms with van der Waals surface area (Å²) >= 11 is 0. The van der Waals surface area contributed by atoms with Crippen LogP contribution in [0, 0.1) is 11.8 Å². The first-order valence-electron chi connectivity index (χ1n) is 14.1. The van der Waals surface area contributed by atoms with E-state index in [1.54, 1.807) is 18.2 Å². The number of halogens is 1. The Bertz CT molecular complexity index is 1340. The van der Waals surface area contributed by atoms with Crippen LogP contribution in [0.1, 0.15) is 82.8 Å². The van der Waals surface area contributed by atoms with Gasteiger partial charge in [0.05, 0.1) is 5.56 Å². The van der Waals surface area contributed by atoms with Gasteiger partial charge in [0.2, 0.25) is 0 Å². The number of carbonyl (C=O) groups excluding carboxylic acids is 1. The summed E-state index contributed by atoms with van der Waals surface area (Å²) in [5.41, 5.74) is 0.661. The Hall–Kier alpha value is -2.43. The number of rotatable bonds is 1. The molecule has 0 radical (unpaired) electrons. The van der Waals surface area contributed by atoms with Gasteiger partial charge >= 0.3 is 0 Å². The molecular weight excluding hydrogens is 548 g/mol. The van der Waals surface area contributed by atoms with E-state index in [-0.39, 0.29) is 40.0 Å². The van der Waals surface area contributed by atoms with Gasteiger partial charge in [-0.1, -0.05) is 26.8 Å². The molecule has 5 heterocycles. The van der Waals surface area contributed by atoms with E-state index in [1.165, 1.54) is 6.07 Å². The van der Waals surface area contributed by atoms with Crippen molar-refractivity contribution in [3.05, 3.63) is 41.6 Å². The lowest BCUT2D eigenvalue weighted by Crippen LogP contribution is -2.41. The van der Waals surface area contributed by atoms with Gasteiger partial charge in [-0.2, -0.15) is 8.42 Å². The molecule has 0 spiro atoms. The molecule has 2 aromatic heterocycles. The number of hydrogen-bond acceptors (Lipinski definition) is 8. The van der Waals surface area contributed by atoms with Crippen molar-refractivity contribution >= 4 is 40.0 Å². The average molecular weight is 591 g/mol. The van der Waals surface area contributed by atoms with E-state index in [1.807, 2.05) is 6.07 Å². The first-order valence-corrected chi connectivity index (χ1v) is 15.6. The van der Waals surface area contributed by atoms with Gasteiger partial charge in [-0.25, -0.2) is 14.7 Å². The minimum absolute atomic E-state index is 0. The molecule has 2 fully saturated rings. The summed E-state index contributed by atoms with van der Waals surface area (Å²) in [5.74, 6) is 1.28. The van der Waals surface area contributed by atoms with Gasteiger partial charge in [-0.15, -0.1) is 12.4 Å². The van der Waals surface area contributed by atoms with Crippen LogP contribution in [0.5, 0.6) is 0 Å². The summed E-state index contributed by atoms with van der Waals surface area (Å²) in [6.07, 6.45) is 5.11. The van der Waals surface area contributed by atoms with E-state index in [9.17, 15) is 13.2 Å². The van der Waals surface area contributed by atoms with Crippen molar-refractivity contribution in [1.82, 2.24) is 20.0 Å². The molecule has 0 saturated carbocycles. The Labute approximate surface area is 244 Å². The molecule has 3 aliphatic heterocycles. The van der Waals surface area contributed by atoms with Crippen molar-refractivity contribution < 1.29 is 13.2 Å². The minimum Gasteiger partial charge on any atom is -0.367 e. The van der Waals surface area contributed by atoms with Gasteiger partial charge in [-0.3, -0.25) is 4.79 Å². The second-order valence-electron chi connectivity index (χ2n) is 13.0. The molecule has 1 amide bonds. The second-order valence-corrected chi connectivity index (χ2v) is 14.7. The number of nitrogens with zero attached hydrogens (tertiary/aromatic N) is 3. The number of hydrogen-bond donors (Lipinski definition) is 3. The fourth-order valence-electron chi connectivity index (χ4n) is 6.35. The standard InChI is InChI=1S/C29H42N6O3S.ClH/c1-28(2,3)23-12-10-21-26(32-23)35-18-19(17-29(35,4)5)9-11-22(20-13-15-30-16-14-20)31-24-7-6-8-25(33-24)39(37,38)34-27(21)36;/h6-8,10,12,19-20,22,30H,9,11,13-18H2,1-5H3,(H,31,33)(H,34,36);1H/t19-,22?;/m0./s1. The molecule has 11 heteroatoms. The second kappa shape index (κ2) is 11.4. The van der Waals surface area contributed by atoms with Gasteiger partial charge in [-0.05, 0) is 95.1 Å². The van der Waals surface area contributed by atoms with Crippen LogP contribution in [0.2, 0.25) is 0 Å². The highest BCUT2D eigenvalue weighted by molar-refractivity contribution is 7.90. The van der Waals surface area contributed by atoms with Crippen LogP contribution >= 0.6 is 12.4 Å². The minimum atomic E-state index is -4.20. The fraction of sp³-hybridized carbons (Fsp3) is 0.621. The fourth-order valence-corrected chi connectivity index (χ4v) is 7.29. The van der Waals surface area contributed by atoms with E-state index in [2.05, 4.69) is 59.9 Å². The van der Waals surface area contributed by atoms with Crippen molar-refractivity contribution in [2.24, 2.45) is 11.8 Å². The van der Waals surface area contributed by atoms with Gasteiger partial charge < -0.3 is 15.5 Å². The van der Waals surface area contributed by atoms with Gasteiger partial charge in [0, 0.05) is 29.2 Å². The first-order chi connectivity index (χ1) is 18.3. The molecule has 2 saturated heterocycles. The van der Waals surface area contributed by atoms with Gasteiger partial charge in [0.25, 0.3) is 15.9 Å². The van der Waals surface area contributed by atoms with Crippen molar-refractivity contribution in [3.63, 3.8) is 0 Å². The topological polar surface area (TPSA) is 116 Å². The van der Waals surface area contributed by atoms with Crippen LogP contribution in [0.4, 0.5) is 11.6 Å². The Morgan fingerprint density at radius 1 is 1.00 bits per heavy atom. The number of amides is 1. The van der Waals surface area contributed by atoms with Crippen LogP contribution in [0.15, 0.2) is 35.4 Å². The summed E-state index contributed by atoms with van der Waals surface area (Å²) in [7, 11) is -4.20. The third-order valence-corrected chi connectivity index (χ3v) is 9.73. The first kappa shape index (κ1) is 30.5. The molecule has 2 atom stereocenters. The maximum absolute atomic E-state index is 13.6. The molecule has 2 aromatic rings. The number of carbonyl (C=O) groups is 1. The highest BCUT2D eigenvalue weighted by Gasteiger charge is 2.42.